The van der Waals surface area contributed by atoms with Gasteiger partial charge >= 0.3 is 0 Å². The molecule has 4 N–H and O–H groups in total. The van der Waals surface area contributed by atoms with E-state index in [4.69, 9.17) is 5.84 Å². The number of hydrazine groups is 1. The Morgan fingerprint density at radius 3 is 2.61 bits per heavy atom. The maximum atomic E-state index is 13.6. The van der Waals surface area contributed by atoms with Gasteiger partial charge in [0, 0.05) is 10.5 Å². The van der Waals surface area contributed by atoms with Gasteiger partial charge in [-0.3, -0.25) is 0 Å². The lowest BCUT2D eigenvalue weighted by Gasteiger charge is -2.09. The molecule has 1 aromatic heterocycles. The maximum absolute atomic E-state index is 13.6. The molecule has 7 heteroatoms. The van der Waals surface area contributed by atoms with Crippen molar-refractivity contribution in [3.05, 3.63) is 40.4 Å². The normalized spacial score (nSPS) is 10.2. The van der Waals surface area contributed by atoms with Gasteiger partial charge in [-0.05, 0) is 25.1 Å². The molecule has 94 valence electrons. The topological polar surface area (TPSA) is 75.9 Å². The molecule has 18 heavy (non-hydrogen) atoms. The Balaban J connectivity index is 2.30. The van der Waals surface area contributed by atoms with E-state index in [1.165, 1.54) is 6.07 Å². The van der Waals surface area contributed by atoms with E-state index in [2.05, 4.69) is 36.6 Å². The van der Waals surface area contributed by atoms with Gasteiger partial charge in [0.15, 0.2) is 0 Å². The second-order valence-corrected chi connectivity index (χ2v) is 4.49. The fourth-order valence-corrected chi connectivity index (χ4v) is 1.77. The average molecular weight is 312 g/mol. The first-order chi connectivity index (χ1) is 8.58. The van der Waals surface area contributed by atoms with E-state index in [-0.39, 0.29) is 5.82 Å². The molecule has 0 aliphatic heterocycles. The lowest BCUT2D eigenvalue weighted by molar-refractivity contribution is 0.631. The molecule has 2 aromatic rings. The number of nitrogens with one attached hydrogen (secondary N) is 2. The summed E-state index contributed by atoms with van der Waals surface area (Å²) in [4.78, 5) is 8.19. The zero-order chi connectivity index (χ0) is 13.1. The number of aromatic nitrogens is 2. The van der Waals surface area contributed by atoms with Gasteiger partial charge < -0.3 is 10.7 Å². The number of hydrogen-bond acceptors (Lipinski definition) is 5. The molecule has 0 aliphatic rings. The molecule has 0 atom stereocenters. The summed E-state index contributed by atoms with van der Waals surface area (Å²) >= 11 is 3.20. The Hall–Kier alpha value is -1.73. The third kappa shape index (κ3) is 2.93. The number of nitrogen functional groups attached to an aromatic ring is 1. The monoisotopic (exact) mass is 311 g/mol. The van der Waals surface area contributed by atoms with E-state index in [9.17, 15) is 4.39 Å². The van der Waals surface area contributed by atoms with Crippen LogP contribution in [-0.2, 0) is 0 Å². The highest BCUT2D eigenvalue weighted by atomic mass is 79.9. The van der Waals surface area contributed by atoms with Crippen LogP contribution in [0, 0.1) is 12.7 Å². The summed E-state index contributed by atoms with van der Waals surface area (Å²) in [6, 6.07) is 6.32. The number of hydrogen-bond donors (Lipinski definition) is 3. The van der Waals surface area contributed by atoms with Crippen LogP contribution < -0.4 is 16.6 Å². The summed E-state index contributed by atoms with van der Waals surface area (Å²) in [5.74, 6) is 6.37. The average Bonchev–Trinajstić information content (AvgIpc) is 2.32. The summed E-state index contributed by atoms with van der Waals surface area (Å²) < 4.78 is 14.3. The Bertz CT molecular complexity index is 575. The van der Waals surface area contributed by atoms with Crippen molar-refractivity contribution in [2.45, 2.75) is 6.92 Å². The molecule has 2 rings (SSSR count). The molecule has 0 saturated heterocycles. The first-order valence-corrected chi connectivity index (χ1v) is 5.92. The van der Waals surface area contributed by atoms with E-state index in [0.717, 1.165) is 0 Å². The van der Waals surface area contributed by atoms with Gasteiger partial charge in [0.1, 0.15) is 23.3 Å². The second kappa shape index (κ2) is 5.28. The summed E-state index contributed by atoms with van der Waals surface area (Å²) in [7, 11) is 0. The number of anilines is 3. The summed E-state index contributed by atoms with van der Waals surface area (Å²) in [5.41, 5.74) is 2.76. The van der Waals surface area contributed by atoms with Crippen molar-refractivity contribution in [3.63, 3.8) is 0 Å². The number of rotatable bonds is 3. The number of aryl methyl sites for hydroxylation is 1. The van der Waals surface area contributed by atoms with Gasteiger partial charge in [-0.25, -0.2) is 20.2 Å². The van der Waals surface area contributed by atoms with E-state index >= 15 is 0 Å². The molecular formula is C11H11BrFN5. The van der Waals surface area contributed by atoms with Crippen LogP contribution in [0.15, 0.2) is 28.7 Å². The van der Waals surface area contributed by atoms with Gasteiger partial charge in [0.25, 0.3) is 0 Å². The third-order valence-electron chi connectivity index (χ3n) is 2.18. The van der Waals surface area contributed by atoms with Crippen LogP contribution in [0.3, 0.4) is 0 Å². The fraction of sp³-hybridized carbons (Fsp3) is 0.0909. The minimum absolute atomic E-state index is 0.333. The van der Waals surface area contributed by atoms with Gasteiger partial charge in [-0.1, -0.05) is 15.9 Å². The first-order valence-electron chi connectivity index (χ1n) is 5.13. The van der Waals surface area contributed by atoms with E-state index in [1.54, 1.807) is 25.1 Å². The Morgan fingerprint density at radius 2 is 1.94 bits per heavy atom. The zero-order valence-corrected chi connectivity index (χ0v) is 11.1. The molecule has 1 aromatic carbocycles. The molecule has 0 bridgehead atoms. The molecule has 0 fully saturated rings. The number of nitrogens with two attached hydrogens (primary N) is 1. The van der Waals surface area contributed by atoms with Gasteiger partial charge in [-0.15, -0.1) is 0 Å². The third-order valence-corrected chi connectivity index (χ3v) is 2.67. The van der Waals surface area contributed by atoms with Crippen molar-refractivity contribution >= 4 is 33.3 Å². The van der Waals surface area contributed by atoms with E-state index in [0.29, 0.717) is 27.6 Å². The molecule has 0 saturated carbocycles. The molecular weight excluding hydrogens is 301 g/mol. The predicted octanol–water partition coefficient (Wildman–Crippen LogP) is 2.72. The Morgan fingerprint density at radius 1 is 1.22 bits per heavy atom. The van der Waals surface area contributed by atoms with Crippen LogP contribution in [0.5, 0.6) is 0 Å². The molecule has 1 heterocycles. The largest absolute Gasteiger partial charge is 0.338 e. The van der Waals surface area contributed by atoms with E-state index < -0.39 is 0 Å². The lowest BCUT2D eigenvalue weighted by atomic mass is 10.3. The van der Waals surface area contributed by atoms with E-state index in [1.807, 2.05) is 0 Å². The number of nitrogens with zero attached hydrogens (tertiary/aromatic N) is 2. The first kappa shape index (κ1) is 12.7. The summed E-state index contributed by atoms with van der Waals surface area (Å²) in [6.07, 6.45) is 0. The fourth-order valence-electron chi connectivity index (χ4n) is 1.43. The van der Waals surface area contributed by atoms with Gasteiger partial charge in [0.2, 0.25) is 0 Å². The minimum atomic E-state index is -0.372. The SMILES string of the molecule is Cc1nc(NN)cc(Nc2ccc(Br)cc2F)n1. The highest BCUT2D eigenvalue weighted by molar-refractivity contribution is 9.10. The predicted molar refractivity (Wildman–Crippen MR) is 72.0 cm³/mol. The number of benzene rings is 1. The van der Waals surface area contributed by atoms with Crippen LogP contribution in [0.4, 0.5) is 21.7 Å². The Kier molecular flexibility index (Phi) is 3.73. The van der Waals surface area contributed by atoms with Crippen molar-refractivity contribution in [2.75, 3.05) is 10.7 Å². The Labute approximate surface area is 112 Å². The standard InChI is InChI=1S/C11H11BrFN5/c1-6-15-10(5-11(16-6)18-14)17-9-3-2-7(12)4-8(9)13/h2-5H,14H2,1H3,(H2,15,16,17,18). The highest BCUT2D eigenvalue weighted by Crippen LogP contribution is 2.23. The molecule has 0 amide bonds. The molecule has 0 unspecified atom stereocenters. The highest BCUT2D eigenvalue weighted by Gasteiger charge is 2.05. The minimum Gasteiger partial charge on any atom is -0.338 e. The van der Waals surface area contributed by atoms with Crippen molar-refractivity contribution < 1.29 is 4.39 Å². The molecule has 5 nitrogen and oxygen atoms in total. The van der Waals surface area contributed by atoms with Gasteiger partial charge in [0.05, 0.1) is 5.69 Å². The van der Waals surface area contributed by atoms with Gasteiger partial charge in [-0.2, -0.15) is 0 Å². The van der Waals surface area contributed by atoms with Crippen molar-refractivity contribution in [1.29, 1.82) is 0 Å². The molecule has 0 aliphatic carbocycles. The summed E-state index contributed by atoms with van der Waals surface area (Å²) in [6.45, 7) is 1.73. The summed E-state index contributed by atoms with van der Waals surface area (Å²) in [5, 5.41) is 2.87. The van der Waals surface area contributed by atoms with Crippen LogP contribution in [0.2, 0.25) is 0 Å². The smallest absolute Gasteiger partial charge is 0.147 e. The number of halogens is 2. The maximum Gasteiger partial charge on any atom is 0.147 e. The molecule has 0 spiro atoms. The van der Waals surface area contributed by atoms with Crippen LogP contribution in [-0.4, -0.2) is 9.97 Å². The lowest BCUT2D eigenvalue weighted by Crippen LogP contribution is -2.10. The second-order valence-electron chi connectivity index (χ2n) is 3.58. The van der Waals surface area contributed by atoms with Crippen LogP contribution in [0.1, 0.15) is 5.82 Å². The van der Waals surface area contributed by atoms with Crippen LogP contribution >= 0.6 is 15.9 Å². The van der Waals surface area contributed by atoms with Crippen molar-refractivity contribution in [1.82, 2.24) is 9.97 Å². The zero-order valence-electron chi connectivity index (χ0n) is 9.54. The van der Waals surface area contributed by atoms with Crippen molar-refractivity contribution in [2.24, 2.45) is 5.84 Å². The molecule has 0 radical (unpaired) electrons. The van der Waals surface area contributed by atoms with Crippen molar-refractivity contribution in [3.8, 4) is 0 Å². The van der Waals surface area contributed by atoms with Crippen LogP contribution in [0.25, 0.3) is 0 Å². The quantitative estimate of drug-likeness (QED) is 0.600.